The van der Waals surface area contributed by atoms with Crippen molar-refractivity contribution in [3.05, 3.63) is 64.7 Å². The Labute approximate surface area is 130 Å². The number of hydrogen-bond acceptors (Lipinski definition) is 2. The van der Waals surface area contributed by atoms with E-state index in [1.807, 2.05) is 0 Å². The van der Waals surface area contributed by atoms with Crippen LogP contribution in [0.25, 0.3) is 0 Å². The first-order valence-corrected chi connectivity index (χ1v) is 6.62. The summed E-state index contributed by atoms with van der Waals surface area (Å²) in [4.78, 5) is 23.2. The van der Waals surface area contributed by atoms with Crippen molar-refractivity contribution in [1.82, 2.24) is 5.32 Å². The van der Waals surface area contributed by atoms with E-state index in [0.717, 1.165) is 17.7 Å². The lowest BCUT2D eigenvalue weighted by Crippen LogP contribution is -2.35. The van der Waals surface area contributed by atoms with Gasteiger partial charge in [-0.1, -0.05) is 23.7 Å². The Morgan fingerprint density at radius 2 is 1.68 bits per heavy atom. The van der Waals surface area contributed by atoms with Gasteiger partial charge in [0, 0.05) is 17.6 Å². The average Bonchev–Trinajstić information content (AvgIpc) is 2.49. The van der Waals surface area contributed by atoms with Crippen LogP contribution in [0.2, 0.25) is 5.02 Å². The molecule has 2 rings (SSSR count). The van der Waals surface area contributed by atoms with E-state index in [2.05, 4.69) is 10.6 Å². The first-order chi connectivity index (χ1) is 10.5. The van der Waals surface area contributed by atoms with E-state index in [9.17, 15) is 18.4 Å². The normalized spacial score (nSPS) is 10.1. The minimum absolute atomic E-state index is 0.120. The Morgan fingerprint density at radius 1 is 1.00 bits per heavy atom. The van der Waals surface area contributed by atoms with Crippen molar-refractivity contribution in [2.24, 2.45) is 0 Å². The quantitative estimate of drug-likeness (QED) is 0.853. The Kier molecular flexibility index (Phi) is 5.06. The number of nitrogens with one attached hydrogen (secondary N) is 2. The van der Waals surface area contributed by atoms with E-state index in [0.29, 0.717) is 11.1 Å². The molecule has 0 aliphatic heterocycles. The van der Waals surface area contributed by atoms with Crippen LogP contribution in [0.1, 0.15) is 5.56 Å². The van der Waals surface area contributed by atoms with Crippen molar-refractivity contribution >= 4 is 29.1 Å². The second kappa shape index (κ2) is 7.00. The maximum Gasteiger partial charge on any atom is 0.313 e. The molecule has 7 heteroatoms. The van der Waals surface area contributed by atoms with Crippen LogP contribution in [0, 0.1) is 11.6 Å². The third kappa shape index (κ3) is 4.26. The van der Waals surface area contributed by atoms with Crippen LogP contribution < -0.4 is 10.6 Å². The van der Waals surface area contributed by atoms with E-state index < -0.39 is 23.4 Å². The highest BCUT2D eigenvalue weighted by atomic mass is 35.5. The van der Waals surface area contributed by atoms with Gasteiger partial charge >= 0.3 is 11.8 Å². The van der Waals surface area contributed by atoms with E-state index in [1.165, 1.54) is 0 Å². The second-order valence-corrected chi connectivity index (χ2v) is 4.82. The van der Waals surface area contributed by atoms with Gasteiger partial charge in [0.1, 0.15) is 11.6 Å². The number of benzene rings is 2. The number of carbonyl (C=O) groups excluding carboxylic acids is 2. The van der Waals surface area contributed by atoms with Crippen LogP contribution in [0.3, 0.4) is 0 Å². The van der Waals surface area contributed by atoms with Gasteiger partial charge in [0.2, 0.25) is 0 Å². The summed E-state index contributed by atoms with van der Waals surface area (Å²) in [5.41, 5.74) is 0.478. The van der Waals surface area contributed by atoms with E-state index in [4.69, 9.17) is 11.6 Å². The Bertz CT molecular complexity index is 705. The van der Waals surface area contributed by atoms with Gasteiger partial charge in [0.05, 0.1) is 5.69 Å². The molecule has 0 saturated carbocycles. The topological polar surface area (TPSA) is 58.2 Å². The Balaban J connectivity index is 1.92. The zero-order chi connectivity index (χ0) is 16.1. The van der Waals surface area contributed by atoms with Crippen molar-refractivity contribution in [3.8, 4) is 0 Å². The van der Waals surface area contributed by atoms with Gasteiger partial charge in [-0.25, -0.2) is 8.78 Å². The van der Waals surface area contributed by atoms with Crippen molar-refractivity contribution in [2.75, 3.05) is 5.32 Å². The maximum absolute atomic E-state index is 13.4. The van der Waals surface area contributed by atoms with E-state index in [1.54, 1.807) is 24.3 Å². The van der Waals surface area contributed by atoms with Gasteiger partial charge in [-0.05, 0) is 29.8 Å². The smallest absolute Gasteiger partial charge is 0.313 e. The molecule has 0 spiro atoms. The summed E-state index contributed by atoms with van der Waals surface area (Å²) in [6.45, 7) is 0.120. The van der Waals surface area contributed by atoms with Crippen LogP contribution in [0.5, 0.6) is 0 Å². The van der Waals surface area contributed by atoms with Crippen molar-refractivity contribution in [1.29, 1.82) is 0 Å². The highest BCUT2D eigenvalue weighted by Gasteiger charge is 2.15. The molecular formula is C15H11ClF2N2O2. The largest absolute Gasteiger partial charge is 0.344 e. The molecule has 0 fully saturated rings. The zero-order valence-electron chi connectivity index (χ0n) is 11.2. The molecule has 0 bridgehead atoms. The fourth-order valence-corrected chi connectivity index (χ4v) is 1.76. The van der Waals surface area contributed by atoms with Crippen LogP contribution in [0.4, 0.5) is 14.5 Å². The number of halogens is 3. The zero-order valence-corrected chi connectivity index (χ0v) is 12.0. The van der Waals surface area contributed by atoms with Gasteiger partial charge in [-0.3, -0.25) is 9.59 Å². The van der Waals surface area contributed by atoms with E-state index in [-0.39, 0.29) is 12.2 Å². The molecule has 0 radical (unpaired) electrons. The summed E-state index contributed by atoms with van der Waals surface area (Å²) in [5.74, 6) is -3.71. The van der Waals surface area contributed by atoms with Gasteiger partial charge in [0.15, 0.2) is 0 Å². The minimum atomic E-state index is -1.04. The number of amides is 2. The van der Waals surface area contributed by atoms with Crippen LogP contribution in [-0.2, 0) is 16.1 Å². The molecule has 4 nitrogen and oxygen atoms in total. The van der Waals surface area contributed by atoms with Gasteiger partial charge in [0.25, 0.3) is 0 Å². The monoisotopic (exact) mass is 324 g/mol. The fraction of sp³-hybridized carbons (Fsp3) is 0.0667. The first kappa shape index (κ1) is 15.9. The Hall–Kier alpha value is -2.47. The molecule has 0 aromatic heterocycles. The molecule has 2 amide bonds. The summed E-state index contributed by atoms with van der Waals surface area (Å²) in [5, 5.41) is 5.00. The highest BCUT2D eigenvalue weighted by Crippen LogP contribution is 2.14. The van der Waals surface area contributed by atoms with Crippen LogP contribution >= 0.6 is 11.6 Å². The molecular weight excluding hydrogens is 314 g/mol. The van der Waals surface area contributed by atoms with Crippen molar-refractivity contribution in [3.63, 3.8) is 0 Å². The first-order valence-electron chi connectivity index (χ1n) is 6.24. The minimum Gasteiger partial charge on any atom is -0.344 e. The van der Waals surface area contributed by atoms with Crippen molar-refractivity contribution in [2.45, 2.75) is 6.54 Å². The molecule has 0 unspecified atom stereocenters. The molecule has 0 atom stereocenters. The summed E-state index contributed by atoms with van der Waals surface area (Å²) in [6.07, 6.45) is 0. The molecule has 22 heavy (non-hydrogen) atoms. The SMILES string of the molecule is O=C(NCc1ccc(Cl)cc1)C(=O)Nc1ccc(F)cc1F. The number of anilines is 1. The number of carbonyl (C=O) groups is 2. The maximum atomic E-state index is 13.4. The Morgan fingerprint density at radius 3 is 2.32 bits per heavy atom. The molecule has 0 aliphatic rings. The molecule has 0 heterocycles. The second-order valence-electron chi connectivity index (χ2n) is 4.39. The standard InChI is InChI=1S/C15H11ClF2N2O2/c16-10-3-1-9(2-4-10)8-19-14(21)15(22)20-13-6-5-11(17)7-12(13)18/h1-7H,8H2,(H,19,21)(H,20,22). The predicted molar refractivity (Wildman–Crippen MR) is 78.3 cm³/mol. The highest BCUT2D eigenvalue weighted by molar-refractivity contribution is 6.39. The summed E-state index contributed by atoms with van der Waals surface area (Å²) in [7, 11) is 0. The van der Waals surface area contributed by atoms with Gasteiger partial charge in [-0.15, -0.1) is 0 Å². The fourth-order valence-electron chi connectivity index (χ4n) is 1.63. The van der Waals surface area contributed by atoms with Crippen molar-refractivity contribution < 1.29 is 18.4 Å². The third-order valence-electron chi connectivity index (χ3n) is 2.75. The number of rotatable bonds is 3. The van der Waals surface area contributed by atoms with Gasteiger partial charge in [-0.2, -0.15) is 0 Å². The molecule has 114 valence electrons. The van der Waals surface area contributed by atoms with E-state index >= 15 is 0 Å². The lowest BCUT2D eigenvalue weighted by Gasteiger charge is -2.07. The van der Waals surface area contributed by atoms with Crippen LogP contribution in [0.15, 0.2) is 42.5 Å². The lowest BCUT2D eigenvalue weighted by atomic mass is 10.2. The number of hydrogen-bond donors (Lipinski definition) is 2. The lowest BCUT2D eigenvalue weighted by molar-refractivity contribution is -0.136. The third-order valence-corrected chi connectivity index (χ3v) is 3.00. The summed E-state index contributed by atoms with van der Waals surface area (Å²) in [6, 6.07) is 9.31. The predicted octanol–water partition coefficient (Wildman–Crippen LogP) is 2.87. The summed E-state index contributed by atoms with van der Waals surface area (Å²) >= 11 is 5.73. The molecule has 0 aliphatic carbocycles. The molecule has 0 saturated heterocycles. The molecule has 2 aromatic carbocycles. The molecule has 2 N–H and O–H groups in total. The average molecular weight is 325 g/mol. The van der Waals surface area contributed by atoms with Crippen LogP contribution in [-0.4, -0.2) is 11.8 Å². The summed E-state index contributed by atoms with van der Waals surface area (Å²) < 4.78 is 26.1. The van der Waals surface area contributed by atoms with Gasteiger partial charge < -0.3 is 10.6 Å². The molecule has 2 aromatic rings.